The smallest absolute Gasteiger partial charge is 0.341 e. The topological polar surface area (TPSA) is 267 Å². The minimum atomic E-state index is -1.87. The zero-order valence-electron chi connectivity index (χ0n) is 47.8. The van der Waals surface area contributed by atoms with Gasteiger partial charge in [-0.3, -0.25) is 14.4 Å². The van der Waals surface area contributed by atoms with Gasteiger partial charge in [0.05, 0.1) is 61.1 Å². The van der Waals surface area contributed by atoms with Crippen molar-refractivity contribution in [2.45, 2.75) is 211 Å². The zero-order chi connectivity index (χ0) is 57.1. The normalized spacial score (nSPS) is 38.2. The minimum absolute atomic E-state index is 0.0217. The van der Waals surface area contributed by atoms with Crippen LogP contribution in [-0.2, 0) is 47.5 Å². The molecule has 0 radical (unpaired) electrons. The number of anilines is 1. The van der Waals surface area contributed by atoms with Crippen LogP contribution in [0.25, 0.3) is 10.9 Å². The third-order valence-electron chi connectivity index (χ3n) is 16.7. The summed E-state index contributed by atoms with van der Waals surface area (Å²) in [6.45, 7) is 18.4. The van der Waals surface area contributed by atoms with Gasteiger partial charge in [0.2, 0.25) is 5.43 Å². The molecule has 0 bridgehead atoms. The first-order valence-electron chi connectivity index (χ1n) is 27.5. The lowest BCUT2D eigenvalue weighted by molar-refractivity contribution is -0.318. The van der Waals surface area contributed by atoms with Crippen LogP contribution in [0.2, 0.25) is 0 Å². The zero-order valence-corrected chi connectivity index (χ0v) is 47.8. The van der Waals surface area contributed by atoms with Gasteiger partial charge in [0.1, 0.15) is 35.1 Å². The summed E-state index contributed by atoms with van der Waals surface area (Å²) in [6, 6.07) is 4.52. The summed E-state index contributed by atoms with van der Waals surface area (Å²) >= 11 is 0. The summed E-state index contributed by atoms with van der Waals surface area (Å²) < 4.78 is 52.4. The number of hydrogen-bond donors (Lipinski definition) is 6. The van der Waals surface area contributed by atoms with Gasteiger partial charge in [0, 0.05) is 67.9 Å². The number of aromatic nitrogens is 1. The van der Waals surface area contributed by atoms with Gasteiger partial charge in [-0.2, -0.15) is 0 Å². The second-order valence-electron chi connectivity index (χ2n) is 23.5. The van der Waals surface area contributed by atoms with E-state index in [4.69, 9.17) is 37.9 Å². The summed E-state index contributed by atoms with van der Waals surface area (Å²) in [5.74, 6) is -4.74. The van der Waals surface area contributed by atoms with Crippen LogP contribution in [0.4, 0.5) is 5.69 Å². The molecule has 6 N–H and O–H groups in total. The molecule has 6 rings (SSSR count). The summed E-state index contributed by atoms with van der Waals surface area (Å²) in [6.07, 6.45) is -6.05. The maximum Gasteiger partial charge on any atom is 0.341 e. The first-order chi connectivity index (χ1) is 36.0. The maximum atomic E-state index is 14.6. The van der Waals surface area contributed by atoms with Gasteiger partial charge in [-0.25, -0.2) is 4.79 Å². The number of benzene rings is 1. The highest BCUT2D eigenvalue weighted by Crippen LogP contribution is 2.42. The number of aromatic carboxylic acids is 1. The van der Waals surface area contributed by atoms with E-state index in [1.165, 1.54) is 20.2 Å². The van der Waals surface area contributed by atoms with Crippen molar-refractivity contribution in [3.8, 4) is 0 Å². The van der Waals surface area contributed by atoms with Crippen molar-refractivity contribution in [1.29, 1.82) is 0 Å². The van der Waals surface area contributed by atoms with E-state index >= 15 is 0 Å². The van der Waals surface area contributed by atoms with E-state index in [1.807, 2.05) is 55.4 Å². The number of cyclic esters (lactones) is 1. The summed E-state index contributed by atoms with van der Waals surface area (Å²) in [5.41, 5.74) is -4.22. The number of carboxylic acids is 1. The van der Waals surface area contributed by atoms with Crippen molar-refractivity contribution >= 4 is 34.5 Å². The number of pyridine rings is 1. The van der Waals surface area contributed by atoms with Crippen molar-refractivity contribution in [1.82, 2.24) is 14.4 Å². The molecule has 18 atom stereocenters. The van der Waals surface area contributed by atoms with Gasteiger partial charge < -0.3 is 83.1 Å². The fraction of sp³-hybridized carbons (Fsp3) is 0.786. The Kier molecular flexibility index (Phi) is 20.8. The Morgan fingerprint density at radius 1 is 0.948 bits per heavy atom. The van der Waals surface area contributed by atoms with E-state index in [0.717, 1.165) is 12.8 Å². The van der Waals surface area contributed by atoms with Crippen molar-refractivity contribution in [3.05, 3.63) is 40.2 Å². The molecule has 2 aromatic rings. The van der Waals surface area contributed by atoms with Gasteiger partial charge in [-0.1, -0.05) is 20.8 Å². The van der Waals surface area contributed by atoms with Crippen LogP contribution < -0.4 is 10.7 Å². The molecule has 3 aliphatic heterocycles. The number of nitrogens with zero attached hydrogens (tertiary/aromatic N) is 3. The van der Waals surface area contributed by atoms with Gasteiger partial charge in [-0.15, -0.1) is 0 Å². The van der Waals surface area contributed by atoms with Crippen molar-refractivity contribution in [2.24, 2.45) is 17.8 Å². The molecule has 1 aromatic heterocycles. The number of carboxylic acid groups (broad SMARTS) is 1. The Balaban J connectivity index is 1.17. The Hall–Kier alpha value is -3.84. The standard InChI is InChI=1S/C56H90N4O17/c1-15-42-56(10,69)48(64)34(6)59(13)28-30(2)26-54(8,68)49(77-53-46(63)41(58(11)12)24-31(3)72-53)32(4)47(33(5)52(67)74-42)76-44-27-55(9,70-14)50(35(7)73-44)75-43(61)20-22-71-23-21-57-36-16-19-40-38(25-36)45(62)39(51(65)66)29-60(40)37-17-18-37/h16,19,25,29-35,37,41-42,44,46-50,53,57,63-64,68-69H,15,17-18,20-24,26-28H2,1-14H3,(H,65,66)/t30-,31-,32+,33-,34-,35+,41+,42-,44+,46-,47+,48-,49-,50+,53+,54-,55-,56-/m1/s1. The highest BCUT2D eigenvalue weighted by atomic mass is 16.7. The molecule has 4 heterocycles. The Morgan fingerprint density at radius 2 is 1.64 bits per heavy atom. The predicted octanol–water partition coefficient (Wildman–Crippen LogP) is 4.32. The van der Waals surface area contributed by atoms with Crippen molar-refractivity contribution in [3.63, 3.8) is 0 Å². The Morgan fingerprint density at radius 3 is 2.26 bits per heavy atom. The summed E-state index contributed by atoms with van der Waals surface area (Å²) in [5, 5.41) is 61.3. The minimum Gasteiger partial charge on any atom is -0.477 e. The molecule has 77 heavy (non-hydrogen) atoms. The molecule has 4 fully saturated rings. The number of rotatable bonds is 17. The Labute approximate surface area is 453 Å². The van der Waals surface area contributed by atoms with E-state index in [0.29, 0.717) is 36.1 Å². The van der Waals surface area contributed by atoms with Crippen LogP contribution >= 0.6 is 0 Å². The van der Waals surface area contributed by atoms with Crippen LogP contribution in [0.1, 0.15) is 131 Å². The highest BCUT2D eigenvalue weighted by molar-refractivity contribution is 5.93. The molecule has 4 aliphatic rings. The average Bonchev–Trinajstić information content (AvgIpc) is 4.24. The van der Waals surface area contributed by atoms with E-state index in [2.05, 4.69) is 5.32 Å². The number of likely N-dealkylation sites (N-methyl/N-ethyl adjacent to an activating group) is 2. The predicted molar refractivity (Wildman–Crippen MR) is 285 cm³/mol. The average molecular weight is 1090 g/mol. The van der Waals surface area contributed by atoms with E-state index < -0.39 is 113 Å². The van der Waals surface area contributed by atoms with Crippen LogP contribution in [0.15, 0.2) is 29.2 Å². The molecule has 436 valence electrons. The van der Waals surface area contributed by atoms with Gasteiger partial charge in [-0.05, 0) is 126 Å². The number of carbonyl (C=O) groups excluding carboxylic acids is 2. The van der Waals surface area contributed by atoms with E-state index in [1.54, 1.807) is 60.6 Å². The molecule has 0 amide bonds. The lowest BCUT2D eigenvalue weighted by Crippen LogP contribution is -2.61. The summed E-state index contributed by atoms with van der Waals surface area (Å²) in [4.78, 5) is 56.7. The van der Waals surface area contributed by atoms with Crippen LogP contribution in [0, 0.1) is 17.8 Å². The third-order valence-corrected chi connectivity index (χ3v) is 16.7. The fourth-order valence-electron chi connectivity index (χ4n) is 11.9. The highest BCUT2D eigenvalue weighted by Gasteiger charge is 2.54. The van der Waals surface area contributed by atoms with E-state index in [9.17, 15) is 44.7 Å². The second kappa shape index (κ2) is 25.7. The molecule has 3 saturated heterocycles. The largest absolute Gasteiger partial charge is 0.477 e. The molecule has 0 unspecified atom stereocenters. The lowest BCUT2D eigenvalue weighted by Gasteiger charge is -2.49. The van der Waals surface area contributed by atoms with Gasteiger partial charge >= 0.3 is 17.9 Å². The third kappa shape index (κ3) is 14.6. The van der Waals surface area contributed by atoms with Crippen LogP contribution in [0.5, 0.6) is 0 Å². The second-order valence-corrected chi connectivity index (χ2v) is 23.5. The molecule has 0 spiro atoms. The number of fused-ring (bicyclic) bond motifs is 1. The number of methoxy groups -OCH3 is 1. The molecule has 1 saturated carbocycles. The fourth-order valence-corrected chi connectivity index (χ4v) is 11.9. The first kappa shape index (κ1) is 62.4. The molecular weight excluding hydrogens is 1000 g/mol. The van der Waals surface area contributed by atoms with Crippen molar-refractivity contribution in [2.75, 3.05) is 59.9 Å². The molecule has 21 nitrogen and oxygen atoms in total. The number of ether oxygens (including phenoxy) is 8. The maximum absolute atomic E-state index is 14.6. The SMILES string of the molecule is CC[C@H]1OC(=O)[C@H](C)[C@@H](O[C@H]2C[C@@](C)(OC)[C@@H](OC(=O)CCOCCNc3ccc4c(c3)c(=O)c(C(=O)O)cn4C3CC3)[C@H](C)O2)[C@H](C)[C@@H](O[C@@H]2O[C@H](C)C[C@H](N(C)C)[C@H]2O)[C@](C)(O)C[C@@H](C)CN(C)[C@H](C)[C@@H](O)[C@]1(C)O. The monoisotopic (exact) mass is 1090 g/mol. The number of aliphatic hydroxyl groups is 4. The summed E-state index contributed by atoms with van der Waals surface area (Å²) in [7, 11) is 7.05. The quantitative estimate of drug-likeness (QED) is 0.0952. The molecular formula is C56H90N4O17. The number of aliphatic hydroxyl groups excluding tert-OH is 2. The lowest BCUT2D eigenvalue weighted by atomic mass is 9.77. The number of carbonyl (C=O) groups is 3. The molecule has 21 heteroatoms. The number of hydrogen-bond acceptors (Lipinski definition) is 19. The molecule has 1 aliphatic carbocycles. The van der Waals surface area contributed by atoms with Crippen molar-refractivity contribution < 1.29 is 77.8 Å². The molecule has 1 aromatic carbocycles. The number of esters is 2. The van der Waals surface area contributed by atoms with Crippen LogP contribution in [-0.4, -0.2) is 203 Å². The first-order valence-corrected chi connectivity index (χ1v) is 27.5. The van der Waals surface area contributed by atoms with E-state index in [-0.39, 0.29) is 68.6 Å². The Bertz CT molecular complexity index is 2380. The van der Waals surface area contributed by atoms with Gasteiger partial charge in [0.25, 0.3) is 0 Å². The number of nitrogens with one attached hydrogen (secondary N) is 1. The van der Waals surface area contributed by atoms with Gasteiger partial charge in [0.15, 0.2) is 18.7 Å². The van der Waals surface area contributed by atoms with Crippen LogP contribution in [0.3, 0.4) is 0 Å².